The molecule has 0 atom stereocenters. The number of carbonyl (C=O) groups is 3. The first-order chi connectivity index (χ1) is 14.0. The maximum Gasteiger partial charge on any atom is 0.306 e. The first-order valence-electron chi connectivity index (χ1n) is 8.47. The molecule has 0 saturated heterocycles. The lowest BCUT2D eigenvalue weighted by molar-refractivity contribution is -0.147. The molecule has 2 rings (SSSR count). The van der Waals surface area contributed by atoms with E-state index in [0.717, 1.165) is 15.6 Å². The minimum absolute atomic E-state index is 0.00446. The van der Waals surface area contributed by atoms with Crippen molar-refractivity contribution in [1.82, 2.24) is 4.31 Å². The van der Waals surface area contributed by atoms with Gasteiger partial charge in [-0.2, -0.15) is 0 Å². The van der Waals surface area contributed by atoms with Crippen molar-refractivity contribution in [3.8, 4) is 0 Å². The van der Waals surface area contributed by atoms with Gasteiger partial charge in [0.25, 0.3) is 5.91 Å². The Morgan fingerprint density at radius 1 is 1.10 bits per heavy atom. The number of Topliss-reactive ketones (excluding diaryl/α,β-unsaturated/α-hetero) is 1. The van der Waals surface area contributed by atoms with E-state index < -0.39 is 28.5 Å². The molecule has 1 N–H and O–H groups in total. The van der Waals surface area contributed by atoms with E-state index in [1.165, 1.54) is 32.3 Å². The molecule has 0 aliphatic carbocycles. The lowest BCUT2D eigenvalue weighted by Crippen LogP contribution is -2.23. The van der Waals surface area contributed by atoms with Crippen LogP contribution in [0.25, 0.3) is 0 Å². The predicted octanol–water partition coefficient (Wildman–Crippen LogP) is 3.45. The van der Waals surface area contributed by atoms with E-state index in [1.54, 1.807) is 12.1 Å². The number of rotatable bonds is 9. The minimum atomic E-state index is -3.80. The maximum atomic E-state index is 12.3. The third kappa shape index (κ3) is 6.51. The molecule has 1 amide bonds. The second-order valence-corrected chi connectivity index (χ2v) is 10.4. The van der Waals surface area contributed by atoms with E-state index in [9.17, 15) is 22.8 Å². The first kappa shape index (κ1) is 24.3. The summed E-state index contributed by atoms with van der Waals surface area (Å²) < 4.78 is 30.8. The number of esters is 1. The molecule has 0 spiro atoms. The average Bonchev–Trinajstić information content (AvgIpc) is 3.12. The summed E-state index contributed by atoms with van der Waals surface area (Å²) >= 11 is 12.8. The van der Waals surface area contributed by atoms with Crippen molar-refractivity contribution in [1.29, 1.82) is 0 Å². The van der Waals surface area contributed by atoms with Crippen molar-refractivity contribution in [3.63, 3.8) is 0 Å². The zero-order chi connectivity index (χ0) is 22.5. The summed E-state index contributed by atoms with van der Waals surface area (Å²) in [4.78, 5) is 36.0. The molecule has 8 nitrogen and oxygen atoms in total. The SMILES string of the molecule is CN(C)S(=O)(=O)c1cc(NC(=O)COC(=O)CCC(=O)c2ccc(Cl)s2)ccc1Cl. The van der Waals surface area contributed by atoms with Crippen LogP contribution in [0.15, 0.2) is 35.2 Å². The van der Waals surface area contributed by atoms with Crippen LogP contribution in [0.3, 0.4) is 0 Å². The van der Waals surface area contributed by atoms with Crippen molar-refractivity contribution < 1.29 is 27.5 Å². The Bertz CT molecular complexity index is 1070. The van der Waals surface area contributed by atoms with Crippen LogP contribution in [0, 0.1) is 0 Å². The highest BCUT2D eigenvalue weighted by Crippen LogP contribution is 2.27. The molecule has 12 heteroatoms. The molecule has 1 aromatic heterocycles. The quantitative estimate of drug-likeness (QED) is 0.423. The van der Waals surface area contributed by atoms with Crippen molar-refractivity contribution in [2.75, 3.05) is 26.0 Å². The topological polar surface area (TPSA) is 110 Å². The van der Waals surface area contributed by atoms with Crippen LogP contribution in [-0.2, 0) is 24.3 Å². The van der Waals surface area contributed by atoms with Crippen LogP contribution in [0.1, 0.15) is 22.5 Å². The Balaban J connectivity index is 1.87. The van der Waals surface area contributed by atoms with Gasteiger partial charge in [0.1, 0.15) is 4.90 Å². The summed E-state index contributed by atoms with van der Waals surface area (Å²) in [5, 5.41) is 2.44. The molecule has 0 unspecified atom stereocenters. The summed E-state index contributed by atoms with van der Waals surface area (Å²) in [7, 11) is -1.09. The number of thiophene rings is 1. The molecule has 0 saturated carbocycles. The second-order valence-electron chi connectivity index (χ2n) is 6.17. The van der Waals surface area contributed by atoms with Gasteiger partial charge in [0.05, 0.1) is 20.7 Å². The molecule has 0 fully saturated rings. The number of ether oxygens (including phenoxy) is 1. The number of hydrogen-bond donors (Lipinski definition) is 1. The molecule has 0 aliphatic heterocycles. The summed E-state index contributed by atoms with van der Waals surface area (Å²) in [6.07, 6.45) is -0.256. The monoisotopic (exact) mass is 492 g/mol. The van der Waals surface area contributed by atoms with Gasteiger partial charge in [0, 0.05) is 26.2 Å². The zero-order valence-corrected chi connectivity index (χ0v) is 19.1. The van der Waals surface area contributed by atoms with Gasteiger partial charge in [0.2, 0.25) is 10.0 Å². The number of halogens is 2. The molecule has 0 aliphatic rings. The predicted molar refractivity (Wildman–Crippen MR) is 115 cm³/mol. The number of hydrogen-bond acceptors (Lipinski definition) is 7. The third-order valence-electron chi connectivity index (χ3n) is 3.74. The Kier molecular flexibility index (Phi) is 8.39. The van der Waals surface area contributed by atoms with Crippen LogP contribution in [0.5, 0.6) is 0 Å². The first-order valence-corrected chi connectivity index (χ1v) is 11.5. The minimum Gasteiger partial charge on any atom is -0.456 e. The Morgan fingerprint density at radius 2 is 1.80 bits per heavy atom. The molecule has 0 bridgehead atoms. The lowest BCUT2D eigenvalue weighted by Gasteiger charge is -2.14. The third-order valence-corrected chi connectivity index (χ3v) is 7.31. The lowest BCUT2D eigenvalue weighted by atomic mass is 10.2. The van der Waals surface area contributed by atoms with Gasteiger partial charge in [-0.25, -0.2) is 12.7 Å². The van der Waals surface area contributed by atoms with E-state index in [-0.39, 0.29) is 34.2 Å². The second kappa shape index (κ2) is 10.4. The summed E-state index contributed by atoms with van der Waals surface area (Å²) in [5.41, 5.74) is 0.172. The van der Waals surface area contributed by atoms with Crippen molar-refractivity contribution in [2.45, 2.75) is 17.7 Å². The molecular formula is C18H18Cl2N2O6S2. The summed E-state index contributed by atoms with van der Waals surface area (Å²) in [6.45, 7) is -0.587. The van der Waals surface area contributed by atoms with E-state index in [2.05, 4.69) is 5.32 Å². The Labute approximate surface area is 187 Å². The highest BCUT2D eigenvalue weighted by atomic mass is 35.5. The fourth-order valence-corrected chi connectivity index (χ4v) is 4.60. The Hall–Kier alpha value is -1.98. The smallest absolute Gasteiger partial charge is 0.306 e. The number of ketones is 1. The van der Waals surface area contributed by atoms with Gasteiger partial charge < -0.3 is 10.1 Å². The average molecular weight is 493 g/mol. The number of nitrogens with one attached hydrogen (secondary N) is 1. The van der Waals surface area contributed by atoms with Crippen LogP contribution in [-0.4, -0.2) is 51.1 Å². The normalized spacial score (nSPS) is 11.4. The van der Waals surface area contributed by atoms with Gasteiger partial charge in [-0.3, -0.25) is 14.4 Å². The van der Waals surface area contributed by atoms with Crippen LogP contribution in [0.4, 0.5) is 5.69 Å². The fourth-order valence-electron chi connectivity index (χ4n) is 2.19. The zero-order valence-electron chi connectivity index (χ0n) is 16.0. The fraction of sp³-hybridized carbons (Fsp3) is 0.278. The van der Waals surface area contributed by atoms with E-state index in [1.807, 2.05) is 0 Å². The van der Waals surface area contributed by atoms with E-state index in [4.69, 9.17) is 27.9 Å². The van der Waals surface area contributed by atoms with Crippen LogP contribution in [0.2, 0.25) is 9.36 Å². The van der Waals surface area contributed by atoms with Gasteiger partial charge in [0.15, 0.2) is 12.4 Å². The number of amides is 1. The summed E-state index contributed by atoms with van der Waals surface area (Å²) in [6, 6.07) is 7.13. The summed E-state index contributed by atoms with van der Waals surface area (Å²) in [5.74, 6) is -1.63. The maximum absolute atomic E-state index is 12.3. The van der Waals surface area contributed by atoms with Crippen LogP contribution < -0.4 is 5.32 Å². The van der Waals surface area contributed by atoms with Crippen molar-refractivity contribution in [2.24, 2.45) is 0 Å². The highest BCUT2D eigenvalue weighted by molar-refractivity contribution is 7.89. The van der Waals surface area contributed by atoms with E-state index >= 15 is 0 Å². The van der Waals surface area contributed by atoms with Crippen molar-refractivity contribution in [3.05, 3.63) is 44.6 Å². The van der Waals surface area contributed by atoms with Gasteiger partial charge in [-0.05, 0) is 30.3 Å². The number of sulfonamides is 1. The number of nitrogens with zero attached hydrogens (tertiary/aromatic N) is 1. The molecule has 1 aromatic carbocycles. The number of benzene rings is 1. The number of carbonyl (C=O) groups excluding carboxylic acids is 3. The molecule has 1 heterocycles. The molecule has 0 radical (unpaired) electrons. The van der Waals surface area contributed by atoms with E-state index in [0.29, 0.717) is 9.21 Å². The molecule has 2 aromatic rings. The molecule has 162 valence electrons. The van der Waals surface area contributed by atoms with Gasteiger partial charge >= 0.3 is 5.97 Å². The Morgan fingerprint density at radius 3 is 2.40 bits per heavy atom. The standard InChI is InChI=1S/C18H18Cl2N2O6S2/c1-22(2)30(26,27)15-9-11(3-4-12(15)19)21-17(24)10-28-18(25)8-5-13(23)14-6-7-16(20)29-14/h3-4,6-7,9H,5,8,10H2,1-2H3,(H,21,24). The molecule has 30 heavy (non-hydrogen) atoms. The molecular weight excluding hydrogens is 475 g/mol. The van der Waals surface area contributed by atoms with Gasteiger partial charge in [-0.1, -0.05) is 23.2 Å². The van der Waals surface area contributed by atoms with Crippen LogP contribution >= 0.6 is 34.5 Å². The van der Waals surface area contributed by atoms with Crippen molar-refractivity contribution >= 4 is 67.9 Å². The largest absolute Gasteiger partial charge is 0.456 e. The van der Waals surface area contributed by atoms with Gasteiger partial charge in [-0.15, -0.1) is 11.3 Å². The highest BCUT2D eigenvalue weighted by Gasteiger charge is 2.21. The number of anilines is 1.